The van der Waals surface area contributed by atoms with Gasteiger partial charge >= 0.3 is 0 Å². The molecule has 0 aromatic heterocycles. The lowest BCUT2D eigenvalue weighted by Crippen LogP contribution is -1.88. The van der Waals surface area contributed by atoms with Gasteiger partial charge in [-0.1, -0.05) is 6.07 Å². The minimum Gasteiger partial charge on any atom is -0.456 e. The normalized spacial score (nSPS) is 10.4. The maximum absolute atomic E-state index is 13.3. The topological polar surface area (TPSA) is 9.23 Å². The van der Waals surface area contributed by atoms with Crippen LogP contribution in [-0.2, 0) is 5.88 Å². The number of benzene rings is 2. The van der Waals surface area contributed by atoms with E-state index in [9.17, 15) is 4.39 Å². The second kappa shape index (κ2) is 6.04. The van der Waals surface area contributed by atoms with Crippen molar-refractivity contribution < 1.29 is 9.13 Å². The van der Waals surface area contributed by atoms with E-state index in [1.807, 2.05) is 12.1 Å². The molecule has 0 saturated carbocycles. The molecule has 0 saturated heterocycles. The molecule has 0 atom stereocenters. The molecule has 2 aromatic rings. The van der Waals surface area contributed by atoms with E-state index in [0.29, 0.717) is 21.9 Å². The predicted octanol–water partition coefficient (Wildman–Crippen LogP) is 5.88. The summed E-state index contributed by atoms with van der Waals surface area (Å²) in [5, 5.41) is 0. The molecule has 0 radical (unpaired) electrons. The van der Waals surface area contributed by atoms with Gasteiger partial charge in [0, 0.05) is 11.9 Å². The first-order valence-electron chi connectivity index (χ1n) is 5.07. The molecule has 0 amide bonds. The number of hydrogen-bond acceptors (Lipinski definition) is 1. The summed E-state index contributed by atoms with van der Waals surface area (Å²) in [4.78, 5) is 0. The summed E-state index contributed by atoms with van der Waals surface area (Å²) in [7, 11) is 0. The molecule has 0 aliphatic heterocycles. The van der Waals surface area contributed by atoms with Gasteiger partial charge in [-0.2, -0.15) is 0 Å². The predicted molar refractivity (Wildman–Crippen MR) is 77.9 cm³/mol. The van der Waals surface area contributed by atoms with Crippen LogP contribution in [0.5, 0.6) is 11.5 Å². The third-order valence-electron chi connectivity index (χ3n) is 2.27. The summed E-state index contributed by atoms with van der Waals surface area (Å²) in [5.41, 5.74) is 0.984. The molecule has 2 rings (SSSR count). The van der Waals surface area contributed by atoms with Crippen molar-refractivity contribution in [1.29, 1.82) is 0 Å². The summed E-state index contributed by atoms with van der Waals surface area (Å²) in [6.45, 7) is 0. The summed E-state index contributed by atoms with van der Waals surface area (Å²) in [5.74, 6) is 1.13. The number of hydrogen-bond donors (Lipinski definition) is 0. The fourth-order valence-electron chi connectivity index (χ4n) is 1.38. The molecule has 1 nitrogen and oxygen atoms in total. The molecule has 0 fully saturated rings. The maximum atomic E-state index is 13.3. The average Bonchev–Trinajstić information content (AvgIpc) is 2.36. The molecule has 2 aromatic carbocycles. The van der Waals surface area contributed by atoms with Crippen molar-refractivity contribution in [2.24, 2.45) is 0 Å². The second-order valence-corrected chi connectivity index (χ2v) is 5.55. The zero-order valence-electron chi connectivity index (χ0n) is 9.09. The number of rotatable bonds is 3. The van der Waals surface area contributed by atoms with Gasteiger partial charge in [-0.3, -0.25) is 0 Å². The quantitative estimate of drug-likeness (QED) is 0.591. The van der Waals surface area contributed by atoms with E-state index < -0.39 is 0 Å². The van der Waals surface area contributed by atoms with Crippen molar-refractivity contribution >= 4 is 43.5 Å². The highest BCUT2D eigenvalue weighted by atomic mass is 79.9. The van der Waals surface area contributed by atoms with Gasteiger partial charge in [0.1, 0.15) is 17.3 Å². The average molecular weight is 394 g/mol. The van der Waals surface area contributed by atoms with Gasteiger partial charge < -0.3 is 4.74 Å². The maximum Gasteiger partial charge on any atom is 0.141 e. The minimum absolute atomic E-state index is 0.360. The fourth-order valence-corrected chi connectivity index (χ4v) is 2.30. The highest BCUT2D eigenvalue weighted by Crippen LogP contribution is 2.32. The molecule has 94 valence electrons. The highest BCUT2D eigenvalue weighted by Gasteiger charge is 2.06. The van der Waals surface area contributed by atoms with Crippen LogP contribution in [0.15, 0.2) is 45.3 Å². The molecule has 18 heavy (non-hydrogen) atoms. The third-order valence-corrected chi connectivity index (χ3v) is 3.84. The van der Waals surface area contributed by atoms with E-state index in [4.69, 9.17) is 16.3 Å². The van der Waals surface area contributed by atoms with E-state index in [0.717, 1.165) is 10.0 Å². The van der Waals surface area contributed by atoms with Crippen molar-refractivity contribution in [1.82, 2.24) is 0 Å². The standard InChI is InChI=1S/C13H8Br2ClFO/c14-10-3-2-9(6-12(10)17)18-13-4-1-8(7-16)5-11(13)15/h1-6H,7H2. The number of halogens is 4. The Hall–Kier alpha value is -0.580. The molecule has 0 spiro atoms. The van der Waals surface area contributed by atoms with Crippen LogP contribution in [0.4, 0.5) is 4.39 Å². The van der Waals surface area contributed by atoms with Crippen molar-refractivity contribution in [3.63, 3.8) is 0 Å². The Morgan fingerprint density at radius 1 is 1.06 bits per heavy atom. The van der Waals surface area contributed by atoms with Gasteiger partial charge in [0.25, 0.3) is 0 Å². The lowest BCUT2D eigenvalue weighted by atomic mass is 10.2. The molecule has 0 unspecified atom stereocenters. The van der Waals surface area contributed by atoms with Gasteiger partial charge in [0.15, 0.2) is 0 Å². The molecule has 0 aliphatic rings. The second-order valence-electron chi connectivity index (χ2n) is 3.58. The number of alkyl halides is 1. The lowest BCUT2D eigenvalue weighted by Gasteiger charge is -2.09. The molecular formula is C13H8Br2ClFO. The Balaban J connectivity index is 2.25. The van der Waals surface area contributed by atoms with Gasteiger partial charge in [0.2, 0.25) is 0 Å². The zero-order chi connectivity index (χ0) is 13.1. The molecule has 0 heterocycles. The van der Waals surface area contributed by atoms with Gasteiger partial charge in [-0.15, -0.1) is 11.6 Å². The van der Waals surface area contributed by atoms with Crippen molar-refractivity contribution in [3.05, 3.63) is 56.7 Å². The molecule has 0 aliphatic carbocycles. The largest absolute Gasteiger partial charge is 0.456 e. The van der Waals surface area contributed by atoms with Crippen LogP contribution < -0.4 is 4.74 Å². The van der Waals surface area contributed by atoms with Crippen LogP contribution >= 0.6 is 43.5 Å². The SMILES string of the molecule is Fc1cc(Oc2ccc(CCl)cc2Br)ccc1Br. The van der Waals surface area contributed by atoms with E-state index >= 15 is 0 Å². The Bertz CT molecular complexity index is 575. The lowest BCUT2D eigenvalue weighted by molar-refractivity contribution is 0.473. The van der Waals surface area contributed by atoms with E-state index in [-0.39, 0.29) is 5.82 Å². The monoisotopic (exact) mass is 392 g/mol. The molecule has 5 heteroatoms. The van der Waals surface area contributed by atoms with Crippen LogP contribution in [0.1, 0.15) is 5.56 Å². The highest BCUT2D eigenvalue weighted by molar-refractivity contribution is 9.10. The first kappa shape index (κ1) is 13.8. The Morgan fingerprint density at radius 3 is 2.44 bits per heavy atom. The molecule has 0 bridgehead atoms. The summed E-state index contributed by atoms with van der Waals surface area (Å²) in [6, 6.07) is 10.1. The van der Waals surface area contributed by atoms with E-state index in [2.05, 4.69) is 31.9 Å². The van der Waals surface area contributed by atoms with Crippen LogP contribution in [-0.4, -0.2) is 0 Å². The Kier molecular flexibility index (Phi) is 4.65. The van der Waals surface area contributed by atoms with Crippen LogP contribution in [0.25, 0.3) is 0 Å². The Morgan fingerprint density at radius 2 is 1.83 bits per heavy atom. The third kappa shape index (κ3) is 3.25. The first-order chi connectivity index (χ1) is 8.60. The van der Waals surface area contributed by atoms with Crippen LogP contribution in [0, 0.1) is 5.82 Å². The smallest absolute Gasteiger partial charge is 0.141 e. The van der Waals surface area contributed by atoms with Crippen molar-refractivity contribution in [2.45, 2.75) is 5.88 Å². The molecular weight excluding hydrogens is 386 g/mol. The fraction of sp³-hybridized carbons (Fsp3) is 0.0769. The molecule has 0 N–H and O–H groups in total. The van der Waals surface area contributed by atoms with E-state index in [1.54, 1.807) is 18.2 Å². The van der Waals surface area contributed by atoms with Gasteiger partial charge in [0.05, 0.1) is 8.95 Å². The van der Waals surface area contributed by atoms with Crippen LogP contribution in [0.2, 0.25) is 0 Å². The van der Waals surface area contributed by atoms with Crippen molar-refractivity contribution in [3.8, 4) is 11.5 Å². The summed E-state index contributed by atoms with van der Waals surface area (Å²) >= 11 is 12.2. The first-order valence-corrected chi connectivity index (χ1v) is 7.19. The van der Waals surface area contributed by atoms with Crippen LogP contribution in [0.3, 0.4) is 0 Å². The zero-order valence-corrected chi connectivity index (χ0v) is 13.0. The van der Waals surface area contributed by atoms with Gasteiger partial charge in [-0.05, 0) is 61.7 Å². The minimum atomic E-state index is -0.360. The van der Waals surface area contributed by atoms with Crippen molar-refractivity contribution in [2.75, 3.05) is 0 Å². The Labute approximate surface area is 126 Å². The van der Waals surface area contributed by atoms with Gasteiger partial charge in [-0.25, -0.2) is 4.39 Å². The van der Waals surface area contributed by atoms with E-state index in [1.165, 1.54) is 6.07 Å². The summed E-state index contributed by atoms with van der Waals surface area (Å²) < 4.78 is 20.1. The number of ether oxygens (including phenoxy) is 1. The summed E-state index contributed by atoms with van der Waals surface area (Å²) in [6.07, 6.45) is 0.